The Morgan fingerprint density at radius 2 is 1.70 bits per heavy atom. The van der Waals surface area contributed by atoms with Crippen LogP contribution in [0.25, 0.3) is 0 Å². The van der Waals surface area contributed by atoms with Gasteiger partial charge in [0.05, 0.1) is 0 Å². The number of hydrogen-bond acceptors (Lipinski definition) is 3. The fourth-order valence-corrected chi connectivity index (χ4v) is 3.33. The molecule has 0 radical (unpaired) electrons. The molecule has 3 rings (SSSR count). The predicted octanol–water partition coefficient (Wildman–Crippen LogP) is 3.70. The van der Waals surface area contributed by atoms with Gasteiger partial charge in [0.2, 0.25) is 5.91 Å². The molecule has 5 nitrogen and oxygen atoms in total. The Bertz CT molecular complexity index is 793. The molecule has 1 saturated heterocycles. The molecular formula is C22H27N3O2. The third-order valence-electron chi connectivity index (χ3n) is 4.87. The first kappa shape index (κ1) is 19.0. The molecule has 0 aliphatic carbocycles. The summed E-state index contributed by atoms with van der Waals surface area (Å²) in [6.45, 7) is 7.22. The number of anilines is 2. The van der Waals surface area contributed by atoms with Crippen LogP contribution in [0.4, 0.5) is 11.4 Å². The van der Waals surface area contributed by atoms with E-state index in [0.29, 0.717) is 12.0 Å². The number of carbonyl (C=O) groups excluding carboxylic acids is 2. The second kappa shape index (κ2) is 8.71. The Labute approximate surface area is 161 Å². The Hall–Kier alpha value is -2.82. The molecule has 0 aromatic heterocycles. The second-order valence-corrected chi connectivity index (χ2v) is 6.99. The molecule has 2 aromatic rings. The van der Waals surface area contributed by atoms with E-state index in [9.17, 15) is 9.59 Å². The van der Waals surface area contributed by atoms with Gasteiger partial charge in [-0.25, -0.2) is 0 Å². The maximum atomic E-state index is 12.3. The van der Waals surface area contributed by atoms with E-state index < -0.39 is 0 Å². The maximum absolute atomic E-state index is 12.3. The summed E-state index contributed by atoms with van der Waals surface area (Å²) < 4.78 is 0. The lowest BCUT2D eigenvalue weighted by Gasteiger charge is -2.36. The first-order valence-corrected chi connectivity index (χ1v) is 9.57. The van der Waals surface area contributed by atoms with Gasteiger partial charge in [-0.3, -0.25) is 9.59 Å². The predicted molar refractivity (Wildman–Crippen MR) is 109 cm³/mol. The summed E-state index contributed by atoms with van der Waals surface area (Å²) in [7, 11) is 0. The molecule has 142 valence electrons. The number of amides is 2. The molecule has 1 N–H and O–H groups in total. The molecule has 1 fully saturated rings. The lowest BCUT2D eigenvalue weighted by Crippen LogP contribution is -2.48. The summed E-state index contributed by atoms with van der Waals surface area (Å²) >= 11 is 0. The summed E-state index contributed by atoms with van der Waals surface area (Å²) in [6, 6.07) is 15.5. The van der Waals surface area contributed by atoms with Gasteiger partial charge in [-0.05, 0) is 49.7 Å². The van der Waals surface area contributed by atoms with Gasteiger partial charge in [0, 0.05) is 49.5 Å². The molecule has 27 heavy (non-hydrogen) atoms. The fourth-order valence-electron chi connectivity index (χ4n) is 3.33. The Morgan fingerprint density at radius 1 is 1.00 bits per heavy atom. The van der Waals surface area contributed by atoms with Crippen molar-refractivity contribution in [2.75, 3.05) is 36.4 Å². The van der Waals surface area contributed by atoms with E-state index in [1.807, 2.05) is 67.3 Å². The van der Waals surface area contributed by atoms with Crippen LogP contribution in [0.1, 0.15) is 35.7 Å². The smallest absolute Gasteiger partial charge is 0.255 e. The molecule has 0 unspecified atom stereocenters. The van der Waals surface area contributed by atoms with Gasteiger partial charge in [-0.1, -0.05) is 24.6 Å². The van der Waals surface area contributed by atoms with Gasteiger partial charge in [0.15, 0.2) is 0 Å². The highest BCUT2D eigenvalue weighted by molar-refractivity contribution is 6.04. The summed E-state index contributed by atoms with van der Waals surface area (Å²) in [5, 5.41) is 2.94. The number of carbonyl (C=O) groups is 2. The lowest BCUT2D eigenvalue weighted by atomic mass is 10.1. The average molecular weight is 365 g/mol. The molecule has 2 aromatic carbocycles. The van der Waals surface area contributed by atoms with E-state index >= 15 is 0 Å². The molecule has 0 spiro atoms. The molecule has 0 saturated carbocycles. The van der Waals surface area contributed by atoms with Gasteiger partial charge >= 0.3 is 0 Å². The van der Waals surface area contributed by atoms with Gasteiger partial charge in [-0.2, -0.15) is 0 Å². The highest BCUT2D eigenvalue weighted by Gasteiger charge is 2.20. The van der Waals surface area contributed by atoms with Gasteiger partial charge in [0.25, 0.3) is 5.91 Å². The minimum absolute atomic E-state index is 0.102. The average Bonchev–Trinajstić information content (AvgIpc) is 2.69. The van der Waals surface area contributed by atoms with E-state index in [0.717, 1.165) is 49.5 Å². The molecule has 2 amide bonds. The van der Waals surface area contributed by atoms with Crippen molar-refractivity contribution in [2.24, 2.45) is 0 Å². The molecular weight excluding hydrogens is 338 g/mol. The Balaban J connectivity index is 1.56. The molecule has 1 aliphatic heterocycles. The third-order valence-corrected chi connectivity index (χ3v) is 4.87. The first-order valence-electron chi connectivity index (χ1n) is 9.57. The molecule has 1 aliphatic rings. The van der Waals surface area contributed by atoms with Crippen molar-refractivity contribution in [3.8, 4) is 0 Å². The quantitative estimate of drug-likeness (QED) is 0.879. The van der Waals surface area contributed by atoms with Crippen molar-refractivity contribution < 1.29 is 9.59 Å². The maximum Gasteiger partial charge on any atom is 0.255 e. The standard InChI is InChI=1S/C22H27N3O2/c1-3-5-21(26)25-14-12-24(13-15-25)20-10-8-19(9-11-20)23-22(27)18-7-4-6-17(2)16-18/h4,6-11,16H,3,5,12-15H2,1-2H3,(H,23,27). The lowest BCUT2D eigenvalue weighted by molar-refractivity contribution is -0.131. The van der Waals surface area contributed by atoms with Crippen LogP contribution in [0.15, 0.2) is 48.5 Å². The van der Waals surface area contributed by atoms with Crippen molar-refractivity contribution >= 4 is 23.2 Å². The summed E-state index contributed by atoms with van der Waals surface area (Å²) in [4.78, 5) is 28.6. The number of hydrogen-bond donors (Lipinski definition) is 1. The molecule has 1 heterocycles. The highest BCUT2D eigenvalue weighted by atomic mass is 16.2. The van der Waals surface area contributed by atoms with Crippen molar-refractivity contribution in [2.45, 2.75) is 26.7 Å². The minimum Gasteiger partial charge on any atom is -0.368 e. The number of rotatable bonds is 5. The van der Waals surface area contributed by atoms with Crippen LogP contribution in [0.5, 0.6) is 0 Å². The van der Waals surface area contributed by atoms with Crippen LogP contribution in [-0.4, -0.2) is 42.9 Å². The number of nitrogens with one attached hydrogen (secondary N) is 1. The van der Waals surface area contributed by atoms with Crippen LogP contribution in [0, 0.1) is 6.92 Å². The third kappa shape index (κ3) is 4.88. The normalized spacial score (nSPS) is 14.1. The first-order chi connectivity index (χ1) is 13.1. The van der Waals surface area contributed by atoms with E-state index in [1.165, 1.54) is 0 Å². The summed E-state index contributed by atoms with van der Waals surface area (Å²) in [6.07, 6.45) is 1.53. The van der Waals surface area contributed by atoms with Gasteiger partial charge in [0.1, 0.15) is 0 Å². The minimum atomic E-state index is -0.102. The Kier molecular flexibility index (Phi) is 6.12. The van der Waals surface area contributed by atoms with Crippen LogP contribution in [-0.2, 0) is 4.79 Å². The monoisotopic (exact) mass is 365 g/mol. The van der Waals surface area contributed by atoms with Gasteiger partial charge in [-0.15, -0.1) is 0 Å². The molecule has 5 heteroatoms. The van der Waals surface area contributed by atoms with Crippen LogP contribution in [0.2, 0.25) is 0 Å². The molecule has 0 bridgehead atoms. The van der Waals surface area contributed by atoms with Crippen molar-refractivity contribution in [1.29, 1.82) is 0 Å². The second-order valence-electron chi connectivity index (χ2n) is 6.99. The largest absolute Gasteiger partial charge is 0.368 e. The van der Waals surface area contributed by atoms with Gasteiger partial charge < -0.3 is 15.1 Å². The topological polar surface area (TPSA) is 52.7 Å². The number of aryl methyl sites for hydroxylation is 1. The van der Waals surface area contributed by atoms with Crippen LogP contribution >= 0.6 is 0 Å². The zero-order valence-electron chi connectivity index (χ0n) is 16.1. The van der Waals surface area contributed by atoms with E-state index in [1.54, 1.807) is 0 Å². The SMILES string of the molecule is CCCC(=O)N1CCN(c2ccc(NC(=O)c3cccc(C)c3)cc2)CC1. The number of benzene rings is 2. The van der Waals surface area contributed by atoms with Crippen molar-refractivity contribution in [1.82, 2.24) is 4.90 Å². The zero-order valence-corrected chi connectivity index (χ0v) is 16.1. The fraction of sp³-hybridized carbons (Fsp3) is 0.364. The highest BCUT2D eigenvalue weighted by Crippen LogP contribution is 2.20. The van der Waals surface area contributed by atoms with Crippen LogP contribution in [0.3, 0.4) is 0 Å². The molecule has 0 atom stereocenters. The van der Waals surface area contributed by atoms with Crippen LogP contribution < -0.4 is 10.2 Å². The van der Waals surface area contributed by atoms with Crippen molar-refractivity contribution in [3.05, 3.63) is 59.7 Å². The Morgan fingerprint density at radius 3 is 2.33 bits per heavy atom. The summed E-state index contributed by atoms with van der Waals surface area (Å²) in [5.74, 6) is 0.154. The number of nitrogens with zero attached hydrogens (tertiary/aromatic N) is 2. The van der Waals surface area contributed by atoms with E-state index in [4.69, 9.17) is 0 Å². The number of piperazine rings is 1. The van der Waals surface area contributed by atoms with E-state index in [-0.39, 0.29) is 11.8 Å². The van der Waals surface area contributed by atoms with E-state index in [2.05, 4.69) is 10.2 Å². The van der Waals surface area contributed by atoms with Crippen molar-refractivity contribution in [3.63, 3.8) is 0 Å². The summed E-state index contributed by atoms with van der Waals surface area (Å²) in [5.41, 5.74) is 3.62. The zero-order chi connectivity index (χ0) is 19.2.